The van der Waals surface area contributed by atoms with Gasteiger partial charge in [-0.25, -0.2) is 0 Å². The van der Waals surface area contributed by atoms with E-state index in [1.165, 1.54) is 11.1 Å². The molecule has 0 spiro atoms. The molecule has 0 heterocycles. The Bertz CT molecular complexity index is 346. The van der Waals surface area contributed by atoms with E-state index >= 15 is 0 Å². The first kappa shape index (κ1) is 13.5. The highest BCUT2D eigenvalue weighted by Gasteiger charge is 2.07. The van der Waals surface area contributed by atoms with Gasteiger partial charge in [-0.05, 0) is 50.9 Å². The molecular weight excluding hydrogens is 262 g/mol. The molecule has 0 saturated carbocycles. The summed E-state index contributed by atoms with van der Waals surface area (Å²) in [5.41, 5.74) is 2.63. The zero-order chi connectivity index (χ0) is 12.0. The van der Waals surface area contributed by atoms with Crippen LogP contribution in [-0.2, 0) is 6.42 Å². The maximum atomic E-state index is 3.95. The Morgan fingerprint density at radius 3 is 2.81 bits per heavy atom. The van der Waals surface area contributed by atoms with Gasteiger partial charge in [-0.15, -0.1) is 6.58 Å². The van der Waals surface area contributed by atoms with Gasteiger partial charge >= 0.3 is 0 Å². The molecule has 1 aromatic carbocycles. The van der Waals surface area contributed by atoms with Gasteiger partial charge in [0.2, 0.25) is 0 Å². The van der Waals surface area contributed by atoms with Crippen LogP contribution in [0.1, 0.15) is 25.3 Å². The van der Waals surface area contributed by atoms with Crippen LogP contribution in [0.4, 0.5) is 0 Å². The summed E-state index contributed by atoms with van der Waals surface area (Å²) >= 11 is 3.50. The topological polar surface area (TPSA) is 12.0 Å². The van der Waals surface area contributed by atoms with E-state index in [0.29, 0.717) is 6.04 Å². The van der Waals surface area contributed by atoms with Gasteiger partial charge in [-0.1, -0.05) is 33.6 Å². The van der Waals surface area contributed by atoms with Gasteiger partial charge in [0.05, 0.1) is 0 Å². The van der Waals surface area contributed by atoms with Crippen LogP contribution in [0.3, 0.4) is 0 Å². The Hall–Kier alpha value is -0.600. The summed E-state index contributed by atoms with van der Waals surface area (Å²) in [4.78, 5) is 0. The standard InChI is InChI=1S/C14H20BrN/c1-11(2)7-8-14(16-3)10-12-5-4-6-13(15)9-12/h4-6,9,14,16H,1,7-8,10H2,2-3H3. The van der Waals surface area contributed by atoms with Crippen molar-refractivity contribution < 1.29 is 0 Å². The van der Waals surface area contributed by atoms with Gasteiger partial charge in [-0.3, -0.25) is 0 Å². The normalized spacial score (nSPS) is 12.4. The van der Waals surface area contributed by atoms with Crippen molar-refractivity contribution in [3.05, 3.63) is 46.5 Å². The average Bonchev–Trinajstić information content (AvgIpc) is 2.24. The Kier molecular flexibility index (Phi) is 5.78. The van der Waals surface area contributed by atoms with Crippen molar-refractivity contribution in [1.29, 1.82) is 0 Å². The molecule has 0 saturated heterocycles. The van der Waals surface area contributed by atoms with Gasteiger partial charge in [-0.2, -0.15) is 0 Å². The van der Waals surface area contributed by atoms with Crippen molar-refractivity contribution in [2.75, 3.05) is 7.05 Å². The van der Waals surface area contributed by atoms with E-state index in [1.54, 1.807) is 0 Å². The van der Waals surface area contributed by atoms with Crippen LogP contribution in [0.2, 0.25) is 0 Å². The smallest absolute Gasteiger partial charge is 0.0178 e. The predicted octanol–water partition coefficient (Wildman–Crippen LogP) is 3.94. The van der Waals surface area contributed by atoms with Gasteiger partial charge in [0.15, 0.2) is 0 Å². The third kappa shape index (κ3) is 4.95. The number of likely N-dealkylation sites (N-methyl/N-ethyl adjacent to an activating group) is 1. The van der Waals surface area contributed by atoms with Crippen LogP contribution in [0.25, 0.3) is 0 Å². The van der Waals surface area contributed by atoms with E-state index in [-0.39, 0.29) is 0 Å². The zero-order valence-electron chi connectivity index (χ0n) is 10.1. The first-order chi connectivity index (χ1) is 7.61. The molecule has 1 N–H and O–H groups in total. The van der Waals surface area contributed by atoms with E-state index in [0.717, 1.165) is 23.7 Å². The fraction of sp³-hybridized carbons (Fsp3) is 0.429. The lowest BCUT2D eigenvalue weighted by molar-refractivity contribution is 0.519. The summed E-state index contributed by atoms with van der Waals surface area (Å²) < 4.78 is 1.15. The van der Waals surface area contributed by atoms with Crippen molar-refractivity contribution >= 4 is 15.9 Å². The van der Waals surface area contributed by atoms with Crippen LogP contribution >= 0.6 is 15.9 Å². The van der Waals surface area contributed by atoms with Gasteiger partial charge in [0.25, 0.3) is 0 Å². The van der Waals surface area contributed by atoms with Gasteiger partial charge in [0, 0.05) is 10.5 Å². The molecule has 0 amide bonds. The van der Waals surface area contributed by atoms with Crippen LogP contribution in [0.5, 0.6) is 0 Å². The fourth-order valence-corrected chi connectivity index (χ4v) is 2.16. The molecule has 0 aromatic heterocycles. The van der Waals surface area contributed by atoms with Gasteiger partial charge in [0.1, 0.15) is 0 Å². The molecule has 0 aliphatic rings. The lowest BCUT2D eigenvalue weighted by atomic mass is 10.0. The second-order valence-electron chi connectivity index (χ2n) is 4.32. The lowest BCUT2D eigenvalue weighted by Gasteiger charge is -2.16. The number of benzene rings is 1. The lowest BCUT2D eigenvalue weighted by Crippen LogP contribution is -2.27. The SMILES string of the molecule is C=C(C)CCC(Cc1cccc(Br)c1)NC. The summed E-state index contributed by atoms with van der Waals surface area (Å²) in [6.45, 7) is 6.04. The molecular formula is C14H20BrN. The highest BCUT2D eigenvalue weighted by atomic mass is 79.9. The number of halogens is 1. The van der Waals surface area contributed by atoms with E-state index in [1.807, 2.05) is 7.05 Å². The first-order valence-electron chi connectivity index (χ1n) is 5.68. The minimum Gasteiger partial charge on any atom is -0.317 e. The minimum absolute atomic E-state index is 0.533. The predicted molar refractivity (Wildman–Crippen MR) is 74.7 cm³/mol. The van der Waals surface area contributed by atoms with E-state index in [4.69, 9.17) is 0 Å². The third-order valence-corrected chi connectivity index (χ3v) is 3.19. The molecule has 0 bridgehead atoms. The quantitative estimate of drug-likeness (QED) is 0.779. The molecule has 0 aliphatic carbocycles. The van der Waals surface area contributed by atoms with Crippen LogP contribution in [0, 0.1) is 0 Å². The maximum Gasteiger partial charge on any atom is 0.0178 e. The Balaban J connectivity index is 2.52. The summed E-state index contributed by atoms with van der Waals surface area (Å²) in [5.74, 6) is 0. The maximum absolute atomic E-state index is 3.95. The first-order valence-corrected chi connectivity index (χ1v) is 6.47. The zero-order valence-corrected chi connectivity index (χ0v) is 11.7. The largest absolute Gasteiger partial charge is 0.317 e. The van der Waals surface area contributed by atoms with E-state index < -0.39 is 0 Å². The summed E-state index contributed by atoms with van der Waals surface area (Å²) in [6, 6.07) is 9.04. The molecule has 0 fully saturated rings. The van der Waals surface area contributed by atoms with Crippen molar-refractivity contribution in [3.8, 4) is 0 Å². The minimum atomic E-state index is 0.533. The van der Waals surface area contributed by atoms with Crippen LogP contribution < -0.4 is 5.32 Å². The number of nitrogens with one attached hydrogen (secondary N) is 1. The molecule has 1 unspecified atom stereocenters. The molecule has 1 nitrogen and oxygen atoms in total. The van der Waals surface area contributed by atoms with Crippen molar-refractivity contribution in [3.63, 3.8) is 0 Å². The Morgan fingerprint density at radius 1 is 1.50 bits per heavy atom. The second-order valence-corrected chi connectivity index (χ2v) is 5.23. The number of hydrogen-bond donors (Lipinski definition) is 1. The van der Waals surface area contributed by atoms with Crippen LogP contribution in [-0.4, -0.2) is 13.1 Å². The van der Waals surface area contributed by atoms with Gasteiger partial charge < -0.3 is 5.32 Å². The van der Waals surface area contributed by atoms with E-state index in [2.05, 4.69) is 59.0 Å². The third-order valence-electron chi connectivity index (χ3n) is 2.70. The van der Waals surface area contributed by atoms with Crippen molar-refractivity contribution in [2.45, 2.75) is 32.2 Å². The molecule has 0 aliphatic heterocycles. The molecule has 0 radical (unpaired) electrons. The molecule has 1 atom stereocenters. The number of rotatable bonds is 6. The monoisotopic (exact) mass is 281 g/mol. The fourth-order valence-electron chi connectivity index (χ4n) is 1.72. The van der Waals surface area contributed by atoms with Crippen molar-refractivity contribution in [1.82, 2.24) is 5.32 Å². The number of hydrogen-bond acceptors (Lipinski definition) is 1. The summed E-state index contributed by atoms with van der Waals surface area (Å²) in [7, 11) is 2.03. The molecule has 16 heavy (non-hydrogen) atoms. The Morgan fingerprint density at radius 2 is 2.25 bits per heavy atom. The highest BCUT2D eigenvalue weighted by molar-refractivity contribution is 9.10. The Labute approximate surface area is 107 Å². The van der Waals surface area contributed by atoms with E-state index in [9.17, 15) is 0 Å². The average molecular weight is 282 g/mol. The second kappa shape index (κ2) is 6.87. The summed E-state index contributed by atoms with van der Waals surface area (Å²) in [6.07, 6.45) is 3.32. The molecule has 88 valence electrons. The molecule has 1 aromatic rings. The van der Waals surface area contributed by atoms with Crippen LogP contribution in [0.15, 0.2) is 40.9 Å². The highest BCUT2D eigenvalue weighted by Crippen LogP contribution is 2.15. The molecule has 1 rings (SSSR count). The molecule has 2 heteroatoms. The van der Waals surface area contributed by atoms with Crippen molar-refractivity contribution in [2.24, 2.45) is 0 Å². The summed E-state index contributed by atoms with van der Waals surface area (Å²) in [5, 5.41) is 3.37. The number of allylic oxidation sites excluding steroid dienone is 1.